The molecule has 0 aliphatic heterocycles. The predicted octanol–water partition coefficient (Wildman–Crippen LogP) is 5.20. The Morgan fingerprint density at radius 2 is 1.85 bits per heavy atom. The van der Waals surface area contributed by atoms with Gasteiger partial charge in [0.1, 0.15) is 12.4 Å². The zero-order valence-corrected chi connectivity index (χ0v) is 16.0. The summed E-state index contributed by atoms with van der Waals surface area (Å²) in [4.78, 5) is 0. The molecule has 26 heavy (non-hydrogen) atoms. The van der Waals surface area contributed by atoms with Gasteiger partial charge in [-0.15, -0.1) is 0 Å². The second-order valence-electron chi connectivity index (χ2n) is 6.28. The Kier molecular flexibility index (Phi) is 6.38. The Labute approximate surface area is 163 Å². The average molecular weight is 390 g/mol. The number of hydrogen-bond acceptors (Lipinski definition) is 3. The first kappa shape index (κ1) is 19.0. The van der Waals surface area contributed by atoms with E-state index in [1.807, 2.05) is 30.3 Å². The van der Waals surface area contributed by atoms with Gasteiger partial charge in [-0.3, -0.25) is 0 Å². The fourth-order valence-electron chi connectivity index (χ4n) is 2.83. The number of benzene rings is 3. The average Bonchev–Trinajstić information content (AvgIpc) is 2.63. The van der Waals surface area contributed by atoms with Crippen molar-refractivity contribution >= 4 is 34.0 Å². The molecule has 5 heteroatoms. The van der Waals surface area contributed by atoms with Gasteiger partial charge < -0.3 is 15.2 Å². The molecule has 3 aromatic rings. The Morgan fingerprint density at radius 3 is 2.62 bits per heavy atom. The highest BCUT2D eigenvalue weighted by atomic mass is 35.5. The molecule has 0 amide bonds. The van der Waals surface area contributed by atoms with Crippen LogP contribution in [0.5, 0.6) is 5.75 Å². The zero-order chi connectivity index (χ0) is 18.5. The summed E-state index contributed by atoms with van der Waals surface area (Å²) in [6.45, 7) is 3.30. The topological polar surface area (TPSA) is 41.5 Å². The fraction of sp³-hybridized carbons (Fsp3) is 0.238. The van der Waals surface area contributed by atoms with Crippen molar-refractivity contribution in [3.63, 3.8) is 0 Å². The quantitative estimate of drug-likeness (QED) is 0.583. The molecular formula is C21H21Cl2NO2. The maximum Gasteiger partial charge on any atom is 0.124 e. The number of rotatable bonds is 7. The summed E-state index contributed by atoms with van der Waals surface area (Å²) in [6.07, 6.45) is -0.398. The number of aliphatic hydroxyl groups excluding tert-OH is 1. The summed E-state index contributed by atoms with van der Waals surface area (Å²) >= 11 is 12.1. The SMILES string of the molecule is C[C@@H](O)CNCc1c(OCc2ccc(Cl)c(Cl)c2)ccc2ccccc12. The van der Waals surface area contributed by atoms with E-state index in [4.69, 9.17) is 27.9 Å². The van der Waals surface area contributed by atoms with Gasteiger partial charge in [-0.1, -0.05) is 59.6 Å². The van der Waals surface area contributed by atoms with E-state index in [2.05, 4.69) is 23.5 Å². The molecule has 1 atom stereocenters. The summed E-state index contributed by atoms with van der Waals surface area (Å²) in [5, 5.41) is 16.1. The standard InChI is InChI=1S/C21H21Cl2NO2/c1-14(25)11-24-12-18-17-5-3-2-4-16(17)7-9-21(18)26-13-15-6-8-19(22)20(23)10-15/h2-10,14,24-25H,11-13H2,1H3/t14-/m1/s1. The zero-order valence-electron chi connectivity index (χ0n) is 14.5. The third-order valence-corrected chi connectivity index (χ3v) is 4.86. The Bertz CT molecular complexity index is 896. The highest BCUT2D eigenvalue weighted by Gasteiger charge is 2.10. The van der Waals surface area contributed by atoms with Gasteiger partial charge in [-0.25, -0.2) is 0 Å². The third-order valence-electron chi connectivity index (χ3n) is 4.12. The highest BCUT2D eigenvalue weighted by molar-refractivity contribution is 6.42. The number of ether oxygens (including phenoxy) is 1. The Balaban J connectivity index is 1.84. The molecule has 0 saturated heterocycles. The molecule has 0 aliphatic carbocycles. The summed E-state index contributed by atoms with van der Waals surface area (Å²) in [5.41, 5.74) is 2.03. The Morgan fingerprint density at radius 1 is 1.04 bits per heavy atom. The lowest BCUT2D eigenvalue weighted by Crippen LogP contribution is -2.24. The normalized spacial score (nSPS) is 12.3. The summed E-state index contributed by atoms with van der Waals surface area (Å²) in [7, 11) is 0. The number of halogens is 2. The lowest BCUT2D eigenvalue weighted by molar-refractivity contribution is 0.190. The number of hydrogen-bond donors (Lipinski definition) is 2. The van der Waals surface area contributed by atoms with E-state index in [1.165, 1.54) is 0 Å². The second-order valence-corrected chi connectivity index (χ2v) is 7.09. The van der Waals surface area contributed by atoms with E-state index in [9.17, 15) is 5.11 Å². The molecule has 0 bridgehead atoms. The van der Waals surface area contributed by atoms with Gasteiger partial charge in [0.05, 0.1) is 16.1 Å². The maximum atomic E-state index is 9.50. The molecule has 136 valence electrons. The van der Waals surface area contributed by atoms with Gasteiger partial charge in [0.2, 0.25) is 0 Å². The van der Waals surface area contributed by atoms with Crippen LogP contribution in [0.25, 0.3) is 10.8 Å². The molecule has 2 N–H and O–H groups in total. The summed E-state index contributed by atoms with van der Waals surface area (Å²) < 4.78 is 6.08. The third kappa shape index (κ3) is 4.68. The van der Waals surface area contributed by atoms with Crippen molar-refractivity contribution in [2.24, 2.45) is 0 Å². The fourth-order valence-corrected chi connectivity index (χ4v) is 3.15. The first-order valence-electron chi connectivity index (χ1n) is 8.50. The van der Waals surface area contributed by atoms with Crippen molar-refractivity contribution in [1.29, 1.82) is 0 Å². The van der Waals surface area contributed by atoms with Gasteiger partial charge >= 0.3 is 0 Å². The van der Waals surface area contributed by atoms with E-state index >= 15 is 0 Å². The summed E-state index contributed by atoms with van der Waals surface area (Å²) in [5.74, 6) is 0.813. The van der Waals surface area contributed by atoms with E-state index < -0.39 is 6.10 Å². The lowest BCUT2D eigenvalue weighted by Gasteiger charge is -2.16. The van der Waals surface area contributed by atoms with E-state index in [1.54, 1.807) is 13.0 Å². The van der Waals surface area contributed by atoms with Crippen LogP contribution in [-0.2, 0) is 13.2 Å². The Hall–Kier alpha value is -1.78. The minimum Gasteiger partial charge on any atom is -0.489 e. The minimum atomic E-state index is -0.398. The first-order chi connectivity index (χ1) is 12.5. The van der Waals surface area contributed by atoms with Crippen LogP contribution in [0.4, 0.5) is 0 Å². The molecule has 0 unspecified atom stereocenters. The smallest absolute Gasteiger partial charge is 0.124 e. The molecule has 0 aromatic heterocycles. The van der Waals surface area contributed by atoms with Crippen LogP contribution in [0, 0.1) is 0 Å². The van der Waals surface area contributed by atoms with Crippen LogP contribution in [0.3, 0.4) is 0 Å². The molecule has 0 aliphatic rings. The monoisotopic (exact) mass is 389 g/mol. The van der Waals surface area contributed by atoms with Gasteiger partial charge in [0, 0.05) is 18.7 Å². The van der Waals surface area contributed by atoms with E-state index in [0.29, 0.717) is 29.7 Å². The van der Waals surface area contributed by atoms with Crippen molar-refractivity contribution in [3.05, 3.63) is 75.8 Å². The maximum absolute atomic E-state index is 9.50. The van der Waals surface area contributed by atoms with Crippen LogP contribution in [-0.4, -0.2) is 17.8 Å². The van der Waals surface area contributed by atoms with Gasteiger partial charge in [-0.2, -0.15) is 0 Å². The number of nitrogens with one attached hydrogen (secondary N) is 1. The molecule has 0 radical (unpaired) electrons. The van der Waals surface area contributed by atoms with Crippen molar-refractivity contribution in [1.82, 2.24) is 5.32 Å². The predicted molar refractivity (Wildman–Crippen MR) is 108 cm³/mol. The highest BCUT2D eigenvalue weighted by Crippen LogP contribution is 2.29. The molecule has 3 rings (SSSR count). The van der Waals surface area contributed by atoms with Crippen LogP contribution in [0.15, 0.2) is 54.6 Å². The lowest BCUT2D eigenvalue weighted by atomic mass is 10.0. The van der Waals surface area contributed by atoms with Gasteiger partial charge in [-0.05, 0) is 41.5 Å². The van der Waals surface area contributed by atoms with Crippen molar-refractivity contribution in [2.45, 2.75) is 26.2 Å². The number of fused-ring (bicyclic) bond motifs is 1. The molecule has 3 nitrogen and oxygen atoms in total. The van der Waals surface area contributed by atoms with Gasteiger partial charge in [0.25, 0.3) is 0 Å². The van der Waals surface area contributed by atoms with Crippen molar-refractivity contribution in [3.8, 4) is 5.75 Å². The van der Waals surface area contributed by atoms with Crippen LogP contribution in [0.2, 0.25) is 10.0 Å². The second kappa shape index (κ2) is 8.74. The van der Waals surface area contributed by atoms with Gasteiger partial charge in [0.15, 0.2) is 0 Å². The molecular weight excluding hydrogens is 369 g/mol. The van der Waals surface area contributed by atoms with Crippen LogP contribution < -0.4 is 10.1 Å². The molecule has 0 spiro atoms. The molecule has 3 aromatic carbocycles. The van der Waals surface area contributed by atoms with E-state index in [-0.39, 0.29) is 0 Å². The van der Waals surface area contributed by atoms with Crippen molar-refractivity contribution < 1.29 is 9.84 Å². The molecule has 0 heterocycles. The minimum absolute atomic E-state index is 0.398. The van der Waals surface area contributed by atoms with Crippen molar-refractivity contribution in [2.75, 3.05) is 6.54 Å². The largest absolute Gasteiger partial charge is 0.489 e. The van der Waals surface area contributed by atoms with Crippen LogP contribution >= 0.6 is 23.2 Å². The molecule has 0 saturated carbocycles. The molecule has 0 fully saturated rings. The number of aliphatic hydroxyl groups is 1. The van der Waals surface area contributed by atoms with E-state index in [0.717, 1.165) is 27.6 Å². The first-order valence-corrected chi connectivity index (χ1v) is 9.26. The van der Waals surface area contributed by atoms with Crippen LogP contribution in [0.1, 0.15) is 18.1 Å². The summed E-state index contributed by atoms with van der Waals surface area (Å²) in [6, 6.07) is 17.7.